The van der Waals surface area contributed by atoms with Gasteiger partial charge in [-0.25, -0.2) is 9.97 Å². The third-order valence-electron chi connectivity index (χ3n) is 2.18. The fraction of sp³-hybridized carbons (Fsp3) is 0.182. The van der Waals surface area contributed by atoms with E-state index in [2.05, 4.69) is 9.97 Å². The van der Waals surface area contributed by atoms with Crippen molar-refractivity contribution >= 4 is 22.9 Å². The Morgan fingerprint density at radius 3 is 2.69 bits per heavy atom. The van der Waals surface area contributed by atoms with Gasteiger partial charge in [0, 0.05) is 16.6 Å². The summed E-state index contributed by atoms with van der Waals surface area (Å²) >= 11 is 7.41. The molecule has 0 spiro atoms. The van der Waals surface area contributed by atoms with Gasteiger partial charge in [-0.3, -0.25) is 0 Å². The number of pyridine rings is 1. The zero-order valence-corrected chi connectivity index (χ0v) is 10.4. The van der Waals surface area contributed by atoms with E-state index in [4.69, 9.17) is 16.9 Å². The molecule has 0 fully saturated rings. The second-order valence-corrected chi connectivity index (χ2v) is 4.74. The maximum Gasteiger partial charge on any atom is 0.147 e. The number of hydrogen-bond acceptors (Lipinski definition) is 4. The molecule has 2 rings (SSSR count). The van der Waals surface area contributed by atoms with Crippen LogP contribution in [-0.4, -0.2) is 9.97 Å². The first-order chi connectivity index (χ1) is 7.61. The quantitative estimate of drug-likeness (QED) is 0.729. The number of aromatic nitrogens is 2. The van der Waals surface area contributed by atoms with Crippen molar-refractivity contribution in [2.75, 3.05) is 0 Å². The molecular weight excluding hydrogens is 242 g/mol. The lowest BCUT2D eigenvalue weighted by atomic mass is 10.1. The predicted octanol–water partition coefficient (Wildman–Crippen LogP) is 3.35. The first-order valence-corrected chi connectivity index (χ1v) is 5.87. The number of nitrogens with zero attached hydrogens (tertiary/aromatic N) is 3. The summed E-state index contributed by atoms with van der Waals surface area (Å²) < 4.78 is 0. The van der Waals surface area contributed by atoms with E-state index >= 15 is 0 Å². The third kappa shape index (κ3) is 1.92. The minimum absolute atomic E-state index is 0.246. The smallest absolute Gasteiger partial charge is 0.147 e. The fourth-order valence-corrected chi connectivity index (χ4v) is 2.24. The maximum absolute atomic E-state index is 8.89. The van der Waals surface area contributed by atoms with Crippen LogP contribution in [0, 0.1) is 25.2 Å². The predicted molar refractivity (Wildman–Crippen MR) is 64.5 cm³/mol. The summed E-state index contributed by atoms with van der Waals surface area (Å²) in [5.41, 5.74) is 2.88. The van der Waals surface area contributed by atoms with Crippen LogP contribution >= 0.6 is 22.9 Å². The first-order valence-electron chi connectivity index (χ1n) is 4.61. The van der Waals surface area contributed by atoms with Gasteiger partial charge < -0.3 is 0 Å². The zero-order valence-electron chi connectivity index (χ0n) is 8.78. The molecule has 0 amide bonds. The molecular formula is C11H8ClN3S. The van der Waals surface area contributed by atoms with Crippen LogP contribution in [0.5, 0.6) is 0 Å². The normalized spacial score (nSPS) is 10.1. The van der Waals surface area contributed by atoms with Crippen molar-refractivity contribution < 1.29 is 0 Å². The summed E-state index contributed by atoms with van der Waals surface area (Å²) in [6.45, 7) is 3.80. The number of rotatable bonds is 1. The molecule has 80 valence electrons. The molecule has 0 saturated heterocycles. The first kappa shape index (κ1) is 11.1. The van der Waals surface area contributed by atoms with Gasteiger partial charge in [0.1, 0.15) is 11.2 Å². The van der Waals surface area contributed by atoms with Crippen LogP contribution in [0.15, 0.2) is 11.4 Å². The highest BCUT2D eigenvalue weighted by molar-refractivity contribution is 7.09. The highest BCUT2D eigenvalue weighted by atomic mass is 35.5. The molecule has 0 N–H and O–H groups in total. The van der Waals surface area contributed by atoms with Crippen LogP contribution in [0.3, 0.4) is 0 Å². The summed E-state index contributed by atoms with van der Waals surface area (Å²) in [6, 6.07) is 3.76. The van der Waals surface area contributed by atoms with Gasteiger partial charge in [0.15, 0.2) is 0 Å². The van der Waals surface area contributed by atoms with Gasteiger partial charge in [0.25, 0.3) is 0 Å². The van der Waals surface area contributed by atoms with Crippen molar-refractivity contribution in [1.29, 1.82) is 5.26 Å². The van der Waals surface area contributed by atoms with E-state index < -0.39 is 0 Å². The van der Waals surface area contributed by atoms with Crippen LogP contribution in [-0.2, 0) is 0 Å². The number of aryl methyl sites for hydroxylation is 2. The summed E-state index contributed by atoms with van der Waals surface area (Å²) in [4.78, 5) is 8.51. The van der Waals surface area contributed by atoms with Gasteiger partial charge in [-0.2, -0.15) is 5.26 Å². The van der Waals surface area contributed by atoms with Gasteiger partial charge in [-0.1, -0.05) is 11.6 Å². The van der Waals surface area contributed by atoms with E-state index in [0.29, 0.717) is 5.56 Å². The molecule has 0 radical (unpaired) electrons. The number of halogens is 1. The minimum Gasteiger partial charge on any atom is -0.241 e. The second-order valence-electron chi connectivity index (χ2n) is 3.32. The van der Waals surface area contributed by atoms with Gasteiger partial charge >= 0.3 is 0 Å². The van der Waals surface area contributed by atoms with E-state index in [1.54, 1.807) is 17.4 Å². The molecule has 3 nitrogen and oxygen atoms in total. The van der Waals surface area contributed by atoms with Crippen LogP contribution in [0.1, 0.15) is 16.3 Å². The molecule has 0 bridgehead atoms. The molecule has 16 heavy (non-hydrogen) atoms. The topological polar surface area (TPSA) is 49.6 Å². The van der Waals surface area contributed by atoms with Crippen molar-refractivity contribution in [3.8, 4) is 17.3 Å². The Bertz CT molecular complexity index is 583. The Morgan fingerprint density at radius 1 is 1.38 bits per heavy atom. The van der Waals surface area contributed by atoms with Gasteiger partial charge in [-0.15, -0.1) is 11.3 Å². The van der Waals surface area contributed by atoms with E-state index in [1.807, 2.05) is 25.3 Å². The monoisotopic (exact) mass is 249 g/mol. The summed E-state index contributed by atoms with van der Waals surface area (Å²) in [7, 11) is 0. The summed E-state index contributed by atoms with van der Waals surface area (Å²) in [5.74, 6) is 0. The summed E-state index contributed by atoms with van der Waals surface area (Å²) in [5, 5.41) is 12.1. The largest absolute Gasteiger partial charge is 0.241 e. The maximum atomic E-state index is 8.89. The van der Waals surface area contributed by atoms with Crippen molar-refractivity contribution in [3.05, 3.63) is 32.9 Å². The molecule has 5 heteroatoms. The molecule has 2 aromatic rings. The third-order valence-corrected chi connectivity index (χ3v) is 3.24. The Labute approximate surface area is 102 Å². The lowest BCUT2D eigenvalue weighted by Crippen LogP contribution is -1.92. The van der Waals surface area contributed by atoms with E-state index in [9.17, 15) is 0 Å². The standard InChI is InChI=1S/C11H8ClN3S/c1-6-9(10-5-16-7(2)15-10)3-8(4-13)11(12)14-6/h3,5H,1-2H3. The Balaban J connectivity index is 2.62. The lowest BCUT2D eigenvalue weighted by Gasteiger charge is -2.03. The van der Waals surface area contributed by atoms with Crippen LogP contribution in [0.25, 0.3) is 11.3 Å². The number of thiazole rings is 1. The Morgan fingerprint density at radius 2 is 2.12 bits per heavy atom. The molecule has 0 aliphatic heterocycles. The molecule has 2 heterocycles. The Kier molecular flexibility index (Phi) is 2.90. The van der Waals surface area contributed by atoms with Crippen molar-refractivity contribution in [2.24, 2.45) is 0 Å². The highest BCUT2D eigenvalue weighted by Gasteiger charge is 2.11. The molecule has 0 atom stereocenters. The lowest BCUT2D eigenvalue weighted by molar-refractivity contribution is 1.18. The van der Waals surface area contributed by atoms with Gasteiger partial charge in [0.2, 0.25) is 0 Å². The van der Waals surface area contributed by atoms with E-state index in [0.717, 1.165) is 22.0 Å². The summed E-state index contributed by atoms with van der Waals surface area (Å²) in [6.07, 6.45) is 0. The average molecular weight is 250 g/mol. The van der Waals surface area contributed by atoms with Crippen LogP contribution < -0.4 is 0 Å². The molecule has 0 saturated carbocycles. The van der Waals surface area contributed by atoms with Gasteiger partial charge in [0.05, 0.1) is 16.3 Å². The minimum atomic E-state index is 0.246. The average Bonchev–Trinajstić information content (AvgIpc) is 2.65. The van der Waals surface area contributed by atoms with Gasteiger partial charge in [-0.05, 0) is 19.9 Å². The van der Waals surface area contributed by atoms with Crippen molar-refractivity contribution in [3.63, 3.8) is 0 Å². The van der Waals surface area contributed by atoms with E-state index in [1.165, 1.54) is 0 Å². The van der Waals surface area contributed by atoms with Crippen molar-refractivity contribution in [2.45, 2.75) is 13.8 Å². The molecule has 2 aromatic heterocycles. The Hall–Kier alpha value is -1.44. The number of nitriles is 1. The van der Waals surface area contributed by atoms with E-state index in [-0.39, 0.29) is 5.15 Å². The SMILES string of the molecule is Cc1nc(-c2cc(C#N)c(Cl)nc2C)cs1. The zero-order chi connectivity index (χ0) is 11.7. The van der Waals surface area contributed by atoms with Crippen molar-refractivity contribution in [1.82, 2.24) is 9.97 Å². The highest BCUT2D eigenvalue weighted by Crippen LogP contribution is 2.27. The fourth-order valence-electron chi connectivity index (χ4n) is 1.40. The second kappa shape index (κ2) is 4.20. The van der Waals surface area contributed by atoms with Crippen LogP contribution in [0.2, 0.25) is 5.15 Å². The molecule has 0 unspecified atom stereocenters. The van der Waals surface area contributed by atoms with Crippen LogP contribution in [0.4, 0.5) is 0 Å². The number of hydrogen-bond donors (Lipinski definition) is 0. The molecule has 0 aromatic carbocycles. The molecule has 0 aliphatic rings. The molecule has 0 aliphatic carbocycles.